The van der Waals surface area contributed by atoms with Crippen molar-refractivity contribution in [1.82, 2.24) is 9.29 Å². The van der Waals surface area contributed by atoms with Gasteiger partial charge in [-0.05, 0) is 31.5 Å². The summed E-state index contributed by atoms with van der Waals surface area (Å²) in [6, 6.07) is 8.65. The summed E-state index contributed by atoms with van der Waals surface area (Å²) >= 11 is 0. The summed E-state index contributed by atoms with van der Waals surface area (Å²) in [7, 11) is -3.47. The highest BCUT2D eigenvalue weighted by Gasteiger charge is 2.29. The molecular formula is C17H21N3O3S. The number of nitrogens with one attached hydrogen (secondary N) is 1. The van der Waals surface area contributed by atoms with Gasteiger partial charge in [0, 0.05) is 38.4 Å². The number of sulfonamides is 1. The molecule has 0 spiro atoms. The van der Waals surface area contributed by atoms with Crippen LogP contribution in [-0.2, 0) is 10.0 Å². The second-order valence-corrected chi connectivity index (χ2v) is 7.98. The van der Waals surface area contributed by atoms with Crippen molar-refractivity contribution in [2.45, 2.75) is 18.7 Å². The molecule has 0 atom stereocenters. The molecule has 1 aromatic carbocycles. The van der Waals surface area contributed by atoms with Gasteiger partial charge in [-0.25, -0.2) is 8.42 Å². The highest BCUT2D eigenvalue weighted by atomic mass is 32.2. The van der Waals surface area contributed by atoms with Crippen molar-refractivity contribution >= 4 is 15.7 Å². The average Bonchev–Trinajstić information content (AvgIpc) is 2.55. The minimum absolute atomic E-state index is 0.144. The maximum Gasteiger partial charge on any atom is 0.248 e. The van der Waals surface area contributed by atoms with Crippen LogP contribution in [0.3, 0.4) is 0 Å². The third-order valence-electron chi connectivity index (χ3n) is 4.32. The van der Waals surface area contributed by atoms with Crippen LogP contribution in [0.25, 0.3) is 0 Å². The Morgan fingerprint density at radius 1 is 1.00 bits per heavy atom. The number of hydrogen-bond donors (Lipinski definition) is 1. The first kappa shape index (κ1) is 16.7. The molecule has 0 saturated carbocycles. The van der Waals surface area contributed by atoms with Gasteiger partial charge in [-0.1, -0.05) is 17.7 Å². The molecule has 1 saturated heterocycles. The minimum atomic E-state index is -3.47. The predicted octanol–water partition coefficient (Wildman–Crippen LogP) is 1.50. The first-order valence-electron chi connectivity index (χ1n) is 7.89. The van der Waals surface area contributed by atoms with Crippen LogP contribution in [0, 0.1) is 13.8 Å². The highest BCUT2D eigenvalue weighted by Crippen LogP contribution is 2.23. The Balaban J connectivity index is 1.76. The number of aryl methyl sites for hydroxylation is 2. The van der Waals surface area contributed by atoms with Crippen LogP contribution < -0.4 is 10.5 Å². The van der Waals surface area contributed by atoms with Gasteiger partial charge < -0.3 is 9.88 Å². The van der Waals surface area contributed by atoms with Gasteiger partial charge in [-0.15, -0.1) is 0 Å². The lowest BCUT2D eigenvalue weighted by molar-refractivity contribution is 0.384. The van der Waals surface area contributed by atoms with E-state index in [-0.39, 0.29) is 5.56 Å². The SMILES string of the molecule is Cc1ccc(S(=O)(=O)N2CCN(c3ccc(=O)[nH]c3)CC2)c(C)c1. The number of piperazine rings is 1. The lowest BCUT2D eigenvalue weighted by Gasteiger charge is -2.35. The first-order valence-corrected chi connectivity index (χ1v) is 9.33. The molecule has 0 aliphatic carbocycles. The van der Waals surface area contributed by atoms with E-state index in [0.717, 1.165) is 16.8 Å². The van der Waals surface area contributed by atoms with E-state index < -0.39 is 10.0 Å². The molecule has 0 unspecified atom stereocenters. The molecule has 128 valence electrons. The Hall–Kier alpha value is -2.12. The average molecular weight is 347 g/mol. The quantitative estimate of drug-likeness (QED) is 0.913. The van der Waals surface area contributed by atoms with Crippen LogP contribution in [0.1, 0.15) is 11.1 Å². The third-order valence-corrected chi connectivity index (χ3v) is 6.38. The van der Waals surface area contributed by atoms with E-state index in [0.29, 0.717) is 31.1 Å². The van der Waals surface area contributed by atoms with Crippen LogP contribution in [0.15, 0.2) is 46.2 Å². The number of aromatic amines is 1. The van der Waals surface area contributed by atoms with E-state index in [1.807, 2.05) is 26.0 Å². The topological polar surface area (TPSA) is 73.5 Å². The molecule has 1 fully saturated rings. The molecule has 3 rings (SSSR count). The number of H-pyrrole nitrogens is 1. The summed E-state index contributed by atoms with van der Waals surface area (Å²) in [5.41, 5.74) is 2.58. The highest BCUT2D eigenvalue weighted by molar-refractivity contribution is 7.89. The molecule has 0 bridgehead atoms. The monoisotopic (exact) mass is 347 g/mol. The summed E-state index contributed by atoms with van der Waals surface area (Å²) in [6.45, 7) is 5.82. The molecule has 24 heavy (non-hydrogen) atoms. The molecule has 1 aliphatic heterocycles. The van der Waals surface area contributed by atoms with Crippen LogP contribution in [0.4, 0.5) is 5.69 Å². The zero-order valence-electron chi connectivity index (χ0n) is 13.8. The minimum Gasteiger partial charge on any atom is -0.368 e. The standard InChI is InChI=1S/C17H21N3O3S/c1-13-3-5-16(14(2)11-13)24(22,23)20-9-7-19(8-10-20)15-4-6-17(21)18-12-15/h3-6,11-12H,7-10H2,1-2H3,(H,18,21). The summed E-state index contributed by atoms with van der Waals surface area (Å²) in [6.07, 6.45) is 1.66. The maximum atomic E-state index is 12.9. The normalized spacial score (nSPS) is 16.3. The fourth-order valence-corrected chi connectivity index (χ4v) is 4.64. The van der Waals surface area contributed by atoms with E-state index in [2.05, 4.69) is 9.88 Å². The molecule has 6 nitrogen and oxygen atoms in total. The van der Waals surface area contributed by atoms with Gasteiger partial charge in [-0.2, -0.15) is 4.31 Å². The number of hydrogen-bond acceptors (Lipinski definition) is 4. The largest absolute Gasteiger partial charge is 0.368 e. The fraction of sp³-hybridized carbons (Fsp3) is 0.353. The Kier molecular flexibility index (Phi) is 4.47. The van der Waals surface area contributed by atoms with Crippen molar-refractivity contribution in [3.05, 3.63) is 58.0 Å². The van der Waals surface area contributed by atoms with Gasteiger partial charge in [0.2, 0.25) is 15.6 Å². The van der Waals surface area contributed by atoms with Crippen LogP contribution >= 0.6 is 0 Å². The van der Waals surface area contributed by atoms with Gasteiger partial charge in [0.15, 0.2) is 0 Å². The van der Waals surface area contributed by atoms with Gasteiger partial charge in [-0.3, -0.25) is 4.79 Å². The number of aromatic nitrogens is 1. The number of benzene rings is 1. The van der Waals surface area contributed by atoms with Gasteiger partial charge >= 0.3 is 0 Å². The van der Waals surface area contributed by atoms with E-state index in [9.17, 15) is 13.2 Å². The number of rotatable bonds is 3. The maximum absolute atomic E-state index is 12.9. The molecular weight excluding hydrogens is 326 g/mol. The summed E-state index contributed by atoms with van der Waals surface area (Å²) in [5, 5.41) is 0. The molecule has 7 heteroatoms. The van der Waals surface area contributed by atoms with E-state index in [4.69, 9.17) is 0 Å². The molecule has 2 aromatic rings. The lowest BCUT2D eigenvalue weighted by Crippen LogP contribution is -2.48. The number of nitrogens with zero attached hydrogens (tertiary/aromatic N) is 2. The Bertz CT molecular complexity index is 877. The van der Waals surface area contributed by atoms with Crippen molar-refractivity contribution in [2.75, 3.05) is 31.1 Å². The van der Waals surface area contributed by atoms with Gasteiger partial charge in [0.1, 0.15) is 0 Å². The summed E-state index contributed by atoms with van der Waals surface area (Å²) < 4.78 is 27.3. The molecule has 1 aromatic heterocycles. The second-order valence-electron chi connectivity index (χ2n) is 6.07. The Labute approximate surface area is 141 Å². The predicted molar refractivity (Wildman–Crippen MR) is 94.0 cm³/mol. The van der Waals surface area contributed by atoms with E-state index >= 15 is 0 Å². The zero-order chi connectivity index (χ0) is 17.3. The van der Waals surface area contributed by atoms with E-state index in [1.165, 1.54) is 10.4 Å². The van der Waals surface area contributed by atoms with E-state index in [1.54, 1.807) is 18.3 Å². The molecule has 0 amide bonds. The summed E-state index contributed by atoms with van der Waals surface area (Å²) in [4.78, 5) is 16.2. The van der Waals surface area contributed by atoms with Crippen LogP contribution in [0.2, 0.25) is 0 Å². The van der Waals surface area contributed by atoms with Crippen molar-refractivity contribution in [1.29, 1.82) is 0 Å². The lowest BCUT2D eigenvalue weighted by atomic mass is 10.2. The molecule has 1 N–H and O–H groups in total. The van der Waals surface area contributed by atoms with Crippen molar-refractivity contribution in [3.63, 3.8) is 0 Å². The van der Waals surface area contributed by atoms with Crippen molar-refractivity contribution < 1.29 is 8.42 Å². The zero-order valence-corrected chi connectivity index (χ0v) is 14.6. The number of pyridine rings is 1. The number of anilines is 1. The molecule has 1 aliphatic rings. The summed E-state index contributed by atoms with van der Waals surface area (Å²) in [5.74, 6) is 0. The van der Waals surface area contributed by atoms with Crippen molar-refractivity contribution in [2.24, 2.45) is 0 Å². The fourth-order valence-electron chi connectivity index (χ4n) is 3.01. The van der Waals surface area contributed by atoms with Gasteiger partial charge in [0.05, 0.1) is 10.6 Å². The van der Waals surface area contributed by atoms with Crippen LogP contribution in [-0.4, -0.2) is 43.9 Å². The second kappa shape index (κ2) is 6.41. The Morgan fingerprint density at radius 2 is 1.71 bits per heavy atom. The Morgan fingerprint density at radius 3 is 2.29 bits per heavy atom. The molecule has 2 heterocycles. The first-order chi connectivity index (χ1) is 11.4. The van der Waals surface area contributed by atoms with Crippen LogP contribution in [0.5, 0.6) is 0 Å². The third kappa shape index (κ3) is 3.22. The van der Waals surface area contributed by atoms with Crippen molar-refractivity contribution in [3.8, 4) is 0 Å². The smallest absolute Gasteiger partial charge is 0.248 e. The van der Waals surface area contributed by atoms with Gasteiger partial charge in [0.25, 0.3) is 0 Å². The molecule has 0 radical (unpaired) electrons.